The van der Waals surface area contributed by atoms with Gasteiger partial charge >= 0.3 is 0 Å². The molecule has 0 atom stereocenters. The predicted octanol–water partition coefficient (Wildman–Crippen LogP) is 3.13. The number of nitrogens with two attached hydrogens (primary N) is 1. The quantitative estimate of drug-likeness (QED) is 0.816. The zero-order valence-corrected chi connectivity index (χ0v) is 10.1. The third-order valence-electron chi connectivity index (χ3n) is 2.58. The fraction of sp³-hybridized carbons (Fsp3) is 0.333. The number of fused-ring (bicyclic) bond motifs is 1. The minimum atomic E-state index is -0.237. The highest BCUT2D eigenvalue weighted by Crippen LogP contribution is 2.34. The van der Waals surface area contributed by atoms with Crippen molar-refractivity contribution in [3.8, 4) is 0 Å². The number of rotatable bonds is 1. The lowest BCUT2D eigenvalue weighted by Gasteiger charge is -2.21. The molecule has 0 aromatic heterocycles. The highest BCUT2D eigenvalue weighted by molar-refractivity contribution is 9.10. The van der Waals surface area contributed by atoms with Crippen LogP contribution in [-0.2, 0) is 6.42 Å². The summed E-state index contributed by atoms with van der Waals surface area (Å²) in [6.45, 7) is 4.10. The van der Waals surface area contributed by atoms with E-state index in [1.165, 1.54) is 16.7 Å². The van der Waals surface area contributed by atoms with Crippen molar-refractivity contribution in [3.05, 3.63) is 39.9 Å². The molecule has 1 aliphatic rings. The van der Waals surface area contributed by atoms with Gasteiger partial charge in [0.05, 0.1) is 0 Å². The number of allylic oxidation sites excluding steroid dienone is 1. The largest absolute Gasteiger partial charge is 0.322 e. The monoisotopic (exact) mass is 251 g/mol. The van der Waals surface area contributed by atoms with Crippen LogP contribution >= 0.6 is 15.9 Å². The Labute approximate surface area is 93.1 Å². The summed E-state index contributed by atoms with van der Waals surface area (Å²) in [5.74, 6) is 0. The summed E-state index contributed by atoms with van der Waals surface area (Å²) in [6, 6.07) is 6.39. The van der Waals surface area contributed by atoms with Crippen LogP contribution in [0.15, 0.2) is 28.7 Å². The first kappa shape index (κ1) is 9.94. The van der Waals surface area contributed by atoms with Gasteiger partial charge in [0.25, 0.3) is 0 Å². The van der Waals surface area contributed by atoms with Crippen molar-refractivity contribution >= 4 is 21.5 Å². The molecule has 14 heavy (non-hydrogen) atoms. The van der Waals surface area contributed by atoms with Crippen molar-refractivity contribution in [1.29, 1.82) is 0 Å². The van der Waals surface area contributed by atoms with Gasteiger partial charge < -0.3 is 5.73 Å². The topological polar surface area (TPSA) is 26.0 Å². The highest BCUT2D eigenvalue weighted by atomic mass is 79.9. The van der Waals surface area contributed by atoms with E-state index in [-0.39, 0.29) is 5.54 Å². The lowest BCUT2D eigenvalue weighted by atomic mass is 9.91. The fourth-order valence-electron chi connectivity index (χ4n) is 1.93. The molecule has 2 N–H and O–H groups in total. The number of hydrogen-bond acceptors (Lipinski definition) is 1. The highest BCUT2D eigenvalue weighted by Gasteiger charge is 2.24. The van der Waals surface area contributed by atoms with Gasteiger partial charge in [0.1, 0.15) is 0 Å². The Morgan fingerprint density at radius 3 is 2.71 bits per heavy atom. The molecule has 0 bridgehead atoms. The van der Waals surface area contributed by atoms with Crippen molar-refractivity contribution in [3.63, 3.8) is 0 Å². The molecule has 74 valence electrons. The third kappa shape index (κ3) is 1.64. The minimum absolute atomic E-state index is 0.237. The molecule has 0 saturated heterocycles. The fourth-order valence-corrected chi connectivity index (χ4v) is 2.33. The maximum atomic E-state index is 6.11. The number of halogens is 1. The second-order valence-electron chi connectivity index (χ2n) is 4.35. The van der Waals surface area contributed by atoms with Crippen LogP contribution in [0.1, 0.15) is 25.0 Å². The van der Waals surface area contributed by atoms with Gasteiger partial charge in [-0.15, -0.1) is 0 Å². The van der Waals surface area contributed by atoms with Gasteiger partial charge in [-0.2, -0.15) is 0 Å². The van der Waals surface area contributed by atoms with Gasteiger partial charge in [0, 0.05) is 10.0 Å². The summed E-state index contributed by atoms with van der Waals surface area (Å²) in [4.78, 5) is 0. The summed E-state index contributed by atoms with van der Waals surface area (Å²) >= 11 is 3.48. The minimum Gasteiger partial charge on any atom is -0.322 e. The molecule has 1 nitrogen and oxygen atoms in total. The molecule has 1 aromatic rings. The summed E-state index contributed by atoms with van der Waals surface area (Å²) in [7, 11) is 0. The molecule has 0 aliphatic heterocycles. The van der Waals surface area contributed by atoms with Crippen molar-refractivity contribution < 1.29 is 0 Å². The predicted molar refractivity (Wildman–Crippen MR) is 64.1 cm³/mol. The molecule has 0 heterocycles. The molecule has 0 unspecified atom stereocenters. The SMILES string of the molecule is CC(C)(N)C1=CCc2cc(Br)ccc21. The first-order chi connectivity index (χ1) is 6.48. The molecular weight excluding hydrogens is 238 g/mol. The maximum Gasteiger partial charge on any atom is 0.0355 e. The van der Waals surface area contributed by atoms with E-state index in [4.69, 9.17) is 5.73 Å². The summed E-state index contributed by atoms with van der Waals surface area (Å²) in [5.41, 5.74) is 9.82. The van der Waals surface area contributed by atoms with Gasteiger partial charge in [-0.25, -0.2) is 0 Å². The molecule has 1 aromatic carbocycles. The lowest BCUT2D eigenvalue weighted by molar-refractivity contribution is 0.676. The van der Waals surface area contributed by atoms with Gasteiger partial charge in [-0.3, -0.25) is 0 Å². The molecule has 0 radical (unpaired) electrons. The van der Waals surface area contributed by atoms with E-state index in [9.17, 15) is 0 Å². The Balaban J connectivity index is 2.48. The van der Waals surface area contributed by atoms with Crippen LogP contribution in [0.25, 0.3) is 5.57 Å². The van der Waals surface area contributed by atoms with E-state index in [1.807, 2.05) is 0 Å². The van der Waals surface area contributed by atoms with Crippen molar-refractivity contribution in [2.24, 2.45) is 5.73 Å². The maximum absolute atomic E-state index is 6.11. The Kier molecular flexibility index (Phi) is 2.28. The lowest BCUT2D eigenvalue weighted by Crippen LogP contribution is -2.32. The van der Waals surface area contributed by atoms with E-state index < -0.39 is 0 Å². The molecule has 1 aliphatic carbocycles. The van der Waals surface area contributed by atoms with Crippen LogP contribution < -0.4 is 5.73 Å². The van der Waals surface area contributed by atoms with Crippen LogP contribution in [0.5, 0.6) is 0 Å². The molecule has 0 fully saturated rings. The average Bonchev–Trinajstić information content (AvgIpc) is 2.45. The standard InChI is InChI=1S/C12H14BrN/c1-12(2,14)11-6-3-8-7-9(13)4-5-10(8)11/h4-7H,3,14H2,1-2H3. The van der Waals surface area contributed by atoms with Crippen molar-refractivity contribution in [2.45, 2.75) is 25.8 Å². The number of hydrogen-bond donors (Lipinski definition) is 1. The summed E-state index contributed by atoms with van der Waals surface area (Å²) < 4.78 is 1.14. The molecule has 0 saturated carbocycles. The van der Waals surface area contributed by atoms with Crippen LogP contribution in [0, 0.1) is 0 Å². The van der Waals surface area contributed by atoms with Gasteiger partial charge in [-0.1, -0.05) is 28.1 Å². The average molecular weight is 252 g/mol. The van der Waals surface area contributed by atoms with Crippen molar-refractivity contribution in [2.75, 3.05) is 0 Å². The van der Waals surface area contributed by atoms with E-state index in [1.54, 1.807) is 0 Å². The Morgan fingerprint density at radius 2 is 2.07 bits per heavy atom. The summed E-state index contributed by atoms with van der Waals surface area (Å²) in [5, 5.41) is 0. The number of benzene rings is 1. The van der Waals surface area contributed by atoms with Gasteiger partial charge in [0.15, 0.2) is 0 Å². The van der Waals surface area contributed by atoms with E-state index >= 15 is 0 Å². The molecule has 0 spiro atoms. The van der Waals surface area contributed by atoms with E-state index in [2.05, 4.69) is 54.1 Å². The second kappa shape index (κ2) is 3.21. The Bertz CT molecular complexity index is 399. The molecule has 0 amide bonds. The first-order valence-electron chi connectivity index (χ1n) is 4.77. The van der Waals surface area contributed by atoms with Gasteiger partial charge in [-0.05, 0) is 49.1 Å². The van der Waals surface area contributed by atoms with Gasteiger partial charge in [0.2, 0.25) is 0 Å². The first-order valence-corrected chi connectivity index (χ1v) is 5.56. The van der Waals surface area contributed by atoms with Crippen LogP contribution in [0.3, 0.4) is 0 Å². The van der Waals surface area contributed by atoms with Crippen LogP contribution in [0.4, 0.5) is 0 Å². The Morgan fingerprint density at radius 1 is 1.36 bits per heavy atom. The Hall–Kier alpha value is -0.600. The normalized spacial score (nSPS) is 15.3. The zero-order chi connectivity index (χ0) is 10.3. The second-order valence-corrected chi connectivity index (χ2v) is 5.26. The third-order valence-corrected chi connectivity index (χ3v) is 3.07. The van der Waals surface area contributed by atoms with E-state index in [0.29, 0.717) is 0 Å². The van der Waals surface area contributed by atoms with Crippen LogP contribution in [-0.4, -0.2) is 5.54 Å². The van der Waals surface area contributed by atoms with Crippen LogP contribution in [0.2, 0.25) is 0 Å². The molecule has 2 rings (SSSR count). The van der Waals surface area contributed by atoms with E-state index in [0.717, 1.165) is 10.9 Å². The molecule has 2 heteroatoms. The smallest absolute Gasteiger partial charge is 0.0355 e. The zero-order valence-electron chi connectivity index (χ0n) is 8.47. The van der Waals surface area contributed by atoms with Crippen molar-refractivity contribution in [1.82, 2.24) is 0 Å². The summed E-state index contributed by atoms with van der Waals surface area (Å²) in [6.07, 6.45) is 3.24. The molecular formula is C12H14BrN.